The second-order valence-electron chi connectivity index (χ2n) is 11.1. The van der Waals surface area contributed by atoms with Crippen LogP contribution in [0.15, 0.2) is 11.6 Å². The lowest BCUT2D eigenvalue weighted by molar-refractivity contribution is -0.164. The van der Waals surface area contributed by atoms with Gasteiger partial charge >= 0.3 is 5.97 Å². The number of esters is 1. The second kappa shape index (κ2) is 4.22. The molecule has 7 aliphatic rings. The summed E-state index contributed by atoms with van der Waals surface area (Å²) >= 11 is 0. The molecule has 1 unspecified atom stereocenters. The van der Waals surface area contributed by atoms with Gasteiger partial charge in [-0.15, -0.1) is 0 Å². The molecule has 5 aliphatic carbocycles. The van der Waals surface area contributed by atoms with Crippen molar-refractivity contribution in [3.8, 4) is 0 Å². The smallest absolute Gasteiger partial charge is 0.306 e. The van der Waals surface area contributed by atoms with Gasteiger partial charge < -0.3 is 9.47 Å². The largest absolute Gasteiger partial charge is 0.458 e. The van der Waals surface area contributed by atoms with Crippen LogP contribution < -0.4 is 0 Å². The van der Waals surface area contributed by atoms with Gasteiger partial charge in [0.25, 0.3) is 0 Å². The van der Waals surface area contributed by atoms with Crippen molar-refractivity contribution in [1.82, 2.24) is 0 Å². The van der Waals surface area contributed by atoms with Gasteiger partial charge in [0, 0.05) is 23.7 Å². The highest BCUT2D eigenvalue weighted by molar-refractivity contribution is 5.92. The maximum atomic E-state index is 12.2. The fourth-order valence-electron chi connectivity index (χ4n) is 9.12. The van der Waals surface area contributed by atoms with Gasteiger partial charge in [-0.25, -0.2) is 0 Å². The molecule has 2 aliphatic heterocycles. The van der Waals surface area contributed by atoms with Crippen LogP contribution in [-0.4, -0.2) is 29.1 Å². The molecule has 9 atom stereocenters. The van der Waals surface area contributed by atoms with E-state index in [1.165, 1.54) is 18.4 Å². The molecule has 0 aromatic rings. The zero-order valence-electron chi connectivity index (χ0n) is 16.3. The lowest BCUT2D eigenvalue weighted by Crippen LogP contribution is -2.60. The van der Waals surface area contributed by atoms with E-state index in [9.17, 15) is 9.59 Å². The SMILES string of the molecule is C[C@]12CCC(=O)C=C1[C@@H]1C[C@@H]1[C@H]1[C@@H]3CC[C@@]4(CCC(=O)O4)[C@@]3(C)CC3O[C@]312. The summed E-state index contributed by atoms with van der Waals surface area (Å²) in [6.45, 7) is 4.81. The molecule has 2 heterocycles. The maximum absolute atomic E-state index is 12.2. The number of fused-ring (bicyclic) bond motifs is 7. The third-order valence-electron chi connectivity index (χ3n) is 10.4. The van der Waals surface area contributed by atoms with Crippen molar-refractivity contribution in [3.63, 3.8) is 0 Å². The Morgan fingerprint density at radius 2 is 1.96 bits per heavy atom. The molecule has 0 aromatic heterocycles. The van der Waals surface area contributed by atoms with E-state index >= 15 is 0 Å². The molecular formula is C23H28O4. The van der Waals surface area contributed by atoms with Gasteiger partial charge in [-0.05, 0) is 68.3 Å². The number of ketones is 1. The van der Waals surface area contributed by atoms with Gasteiger partial charge in [0.05, 0.1) is 6.10 Å². The van der Waals surface area contributed by atoms with Crippen molar-refractivity contribution in [2.75, 3.05) is 0 Å². The quantitative estimate of drug-likeness (QED) is 0.484. The van der Waals surface area contributed by atoms with Crippen LogP contribution in [0.1, 0.15) is 65.2 Å². The zero-order valence-corrected chi connectivity index (χ0v) is 16.3. The van der Waals surface area contributed by atoms with Gasteiger partial charge in [-0.1, -0.05) is 19.4 Å². The van der Waals surface area contributed by atoms with Gasteiger partial charge in [0.15, 0.2) is 5.78 Å². The number of epoxide rings is 1. The van der Waals surface area contributed by atoms with Crippen LogP contribution in [0.5, 0.6) is 0 Å². The van der Waals surface area contributed by atoms with Gasteiger partial charge in [-0.2, -0.15) is 0 Å². The number of hydrogen-bond acceptors (Lipinski definition) is 4. The van der Waals surface area contributed by atoms with Crippen LogP contribution in [0.3, 0.4) is 0 Å². The third kappa shape index (κ3) is 1.47. The van der Waals surface area contributed by atoms with E-state index in [1.807, 2.05) is 6.08 Å². The number of hydrogen-bond donors (Lipinski definition) is 0. The van der Waals surface area contributed by atoms with Crippen molar-refractivity contribution < 1.29 is 19.1 Å². The summed E-state index contributed by atoms with van der Waals surface area (Å²) in [5.74, 6) is 2.77. The molecule has 0 amide bonds. The Balaban J connectivity index is 1.36. The zero-order chi connectivity index (χ0) is 18.4. The number of rotatable bonds is 0. The summed E-state index contributed by atoms with van der Waals surface area (Å²) in [6.07, 6.45) is 9.85. The Labute approximate surface area is 160 Å². The van der Waals surface area contributed by atoms with Crippen molar-refractivity contribution >= 4 is 11.8 Å². The monoisotopic (exact) mass is 368 g/mol. The third-order valence-corrected chi connectivity index (χ3v) is 10.4. The predicted octanol–water partition coefficient (Wildman–Crippen LogP) is 3.58. The standard InChI is InChI=1S/C23H28O4/c1-20-6-3-12(24)9-16(20)13-10-14(13)19-15-4-7-22(8-5-18(25)27-22)21(15,2)11-17-23(19,20)26-17/h9,13-15,17,19H,3-8,10-11H2,1-2H3/t13-,14+,15+,17?,19+,20+,21+,22-,23-/m1/s1. The van der Waals surface area contributed by atoms with Crippen molar-refractivity contribution in [3.05, 3.63) is 11.6 Å². The first-order valence-corrected chi connectivity index (χ1v) is 11.0. The summed E-state index contributed by atoms with van der Waals surface area (Å²) in [6, 6.07) is 0. The van der Waals surface area contributed by atoms with E-state index < -0.39 is 0 Å². The Hall–Kier alpha value is -1.16. The average Bonchev–Trinajstić information content (AvgIpc) is 3.49. The molecule has 4 nitrogen and oxygen atoms in total. The fourth-order valence-corrected chi connectivity index (χ4v) is 9.12. The minimum absolute atomic E-state index is 0.00124. The second-order valence-corrected chi connectivity index (χ2v) is 11.1. The molecule has 2 spiro atoms. The van der Waals surface area contributed by atoms with Crippen LogP contribution in [0, 0.1) is 34.5 Å². The topological polar surface area (TPSA) is 55.9 Å². The Kier molecular flexibility index (Phi) is 2.46. The molecule has 2 saturated heterocycles. The van der Waals surface area contributed by atoms with Crippen molar-refractivity contribution in [2.24, 2.45) is 34.5 Å². The normalized spacial score (nSPS) is 62.0. The maximum Gasteiger partial charge on any atom is 0.306 e. The van der Waals surface area contributed by atoms with E-state index in [1.54, 1.807) is 0 Å². The van der Waals surface area contributed by atoms with Crippen LogP contribution in [0.4, 0.5) is 0 Å². The Bertz CT molecular complexity index is 845. The van der Waals surface area contributed by atoms with E-state index in [0.29, 0.717) is 42.3 Å². The molecule has 0 bridgehead atoms. The van der Waals surface area contributed by atoms with Gasteiger partial charge in [-0.3, -0.25) is 9.59 Å². The highest BCUT2D eigenvalue weighted by Crippen LogP contribution is 2.82. The molecular weight excluding hydrogens is 340 g/mol. The predicted molar refractivity (Wildman–Crippen MR) is 96.6 cm³/mol. The summed E-state index contributed by atoms with van der Waals surface area (Å²) in [5.41, 5.74) is 1.24. The van der Waals surface area contributed by atoms with Crippen molar-refractivity contribution in [1.29, 1.82) is 0 Å². The molecule has 0 aromatic carbocycles. The lowest BCUT2D eigenvalue weighted by atomic mass is 9.46. The van der Waals surface area contributed by atoms with Gasteiger partial charge in [0.2, 0.25) is 0 Å². The summed E-state index contributed by atoms with van der Waals surface area (Å²) in [4.78, 5) is 24.2. The number of carbonyl (C=O) groups excluding carboxylic acids is 2. The molecule has 6 fully saturated rings. The van der Waals surface area contributed by atoms with Crippen LogP contribution in [0.2, 0.25) is 0 Å². The highest BCUT2D eigenvalue weighted by atomic mass is 16.6. The fraction of sp³-hybridized carbons (Fsp3) is 0.826. The Morgan fingerprint density at radius 1 is 1.11 bits per heavy atom. The van der Waals surface area contributed by atoms with Crippen LogP contribution in [-0.2, 0) is 19.1 Å². The van der Waals surface area contributed by atoms with E-state index in [-0.39, 0.29) is 34.1 Å². The van der Waals surface area contributed by atoms with E-state index in [0.717, 1.165) is 25.7 Å². The summed E-state index contributed by atoms with van der Waals surface area (Å²) in [5, 5.41) is 0. The number of ether oxygens (including phenoxy) is 2. The molecule has 0 radical (unpaired) electrons. The van der Waals surface area contributed by atoms with Crippen molar-refractivity contribution in [2.45, 2.75) is 82.5 Å². The first-order chi connectivity index (χ1) is 12.8. The van der Waals surface area contributed by atoms with E-state index in [4.69, 9.17) is 9.47 Å². The lowest BCUT2D eigenvalue weighted by Gasteiger charge is -2.56. The Morgan fingerprint density at radius 3 is 2.74 bits per heavy atom. The minimum Gasteiger partial charge on any atom is -0.458 e. The molecule has 0 N–H and O–H groups in total. The van der Waals surface area contributed by atoms with Crippen LogP contribution >= 0.6 is 0 Å². The molecule has 27 heavy (non-hydrogen) atoms. The summed E-state index contributed by atoms with van der Waals surface area (Å²) in [7, 11) is 0. The molecule has 7 rings (SSSR count). The molecule has 4 heteroatoms. The van der Waals surface area contributed by atoms with E-state index in [2.05, 4.69) is 13.8 Å². The molecule has 4 saturated carbocycles. The van der Waals surface area contributed by atoms with Gasteiger partial charge in [0.1, 0.15) is 11.2 Å². The minimum atomic E-state index is -0.239. The highest BCUT2D eigenvalue weighted by Gasteiger charge is 2.85. The summed E-state index contributed by atoms with van der Waals surface area (Å²) < 4.78 is 12.8. The van der Waals surface area contributed by atoms with Crippen LogP contribution in [0.25, 0.3) is 0 Å². The average molecular weight is 368 g/mol. The molecule has 144 valence electrons. The number of carbonyl (C=O) groups is 2. The first-order valence-electron chi connectivity index (χ1n) is 11.0. The first kappa shape index (κ1) is 15.7.